The van der Waals surface area contributed by atoms with Gasteiger partial charge in [0.25, 0.3) is 5.91 Å². The number of nitrogens with zero attached hydrogens (tertiary/aromatic N) is 2. The van der Waals surface area contributed by atoms with Gasteiger partial charge in [-0.3, -0.25) is 9.59 Å². The van der Waals surface area contributed by atoms with E-state index < -0.39 is 0 Å². The summed E-state index contributed by atoms with van der Waals surface area (Å²) in [6.45, 7) is 7.22. The first-order valence-corrected chi connectivity index (χ1v) is 10.0. The van der Waals surface area contributed by atoms with Gasteiger partial charge in [0.05, 0.1) is 0 Å². The summed E-state index contributed by atoms with van der Waals surface area (Å²) in [5, 5.41) is 7.30. The summed E-state index contributed by atoms with van der Waals surface area (Å²) in [5.41, 5.74) is 2.11. The number of likely N-dealkylation sites (tertiary alicyclic amines) is 1. The quantitative estimate of drug-likeness (QED) is 0.881. The number of aryl methyl sites for hydroxylation is 1. The van der Waals surface area contributed by atoms with Crippen LogP contribution in [0.4, 0.5) is 0 Å². The number of amides is 2. The van der Waals surface area contributed by atoms with Crippen LogP contribution in [0.25, 0.3) is 11.3 Å². The lowest BCUT2D eigenvalue weighted by molar-refractivity contribution is -0.136. The van der Waals surface area contributed by atoms with E-state index in [2.05, 4.69) is 10.5 Å². The Balaban J connectivity index is 1.42. The summed E-state index contributed by atoms with van der Waals surface area (Å²) in [6.07, 6.45) is 2.88. The molecule has 1 saturated carbocycles. The predicted octanol–water partition coefficient (Wildman–Crippen LogP) is 3.42. The molecule has 1 aliphatic heterocycles. The second-order valence-electron chi connectivity index (χ2n) is 8.40. The van der Waals surface area contributed by atoms with Crippen LogP contribution in [-0.4, -0.2) is 41.0 Å². The molecule has 1 aromatic heterocycles. The highest BCUT2D eigenvalue weighted by atomic mass is 16.5. The lowest BCUT2D eigenvalue weighted by Crippen LogP contribution is -2.43. The Morgan fingerprint density at radius 3 is 2.54 bits per heavy atom. The lowest BCUT2D eigenvalue weighted by Gasteiger charge is -2.34. The fourth-order valence-electron chi connectivity index (χ4n) is 4.30. The first-order valence-electron chi connectivity index (χ1n) is 10.0. The molecular weight excluding hydrogens is 354 g/mol. The average Bonchev–Trinajstić information content (AvgIpc) is 3.18. The molecule has 1 N–H and O–H groups in total. The number of carbonyl (C=O) groups excluding carboxylic acids is 2. The standard InChI is InChI=1S/C22H27N3O3/c1-14(2)21(27)25-11-9-22(10-12-25)13-17(22)23-20(26)18-15(3)28-24-19(18)16-7-5-4-6-8-16/h4-8,14,17H,9-13H2,1-3H3,(H,23,26). The molecular formula is C22H27N3O3. The van der Waals surface area contributed by atoms with Crippen LogP contribution < -0.4 is 5.32 Å². The van der Waals surface area contributed by atoms with E-state index in [1.165, 1.54) is 0 Å². The van der Waals surface area contributed by atoms with Gasteiger partial charge in [0.2, 0.25) is 5.91 Å². The van der Waals surface area contributed by atoms with E-state index in [9.17, 15) is 9.59 Å². The van der Waals surface area contributed by atoms with Crippen molar-refractivity contribution in [2.45, 2.75) is 46.1 Å². The number of hydrogen-bond acceptors (Lipinski definition) is 4. The van der Waals surface area contributed by atoms with Crippen molar-refractivity contribution in [2.24, 2.45) is 11.3 Å². The summed E-state index contributed by atoms with van der Waals surface area (Å²) >= 11 is 0. The van der Waals surface area contributed by atoms with Crippen LogP contribution in [0.1, 0.15) is 49.2 Å². The van der Waals surface area contributed by atoms with Crippen LogP contribution in [0.5, 0.6) is 0 Å². The van der Waals surface area contributed by atoms with E-state index in [0.29, 0.717) is 17.0 Å². The van der Waals surface area contributed by atoms with Crippen molar-refractivity contribution in [3.05, 3.63) is 41.7 Å². The van der Waals surface area contributed by atoms with E-state index in [4.69, 9.17) is 4.52 Å². The first kappa shape index (κ1) is 18.7. The fraction of sp³-hybridized carbons (Fsp3) is 0.500. The molecule has 2 heterocycles. The molecule has 2 aromatic rings. The van der Waals surface area contributed by atoms with Crippen LogP contribution in [-0.2, 0) is 4.79 Å². The zero-order valence-electron chi connectivity index (χ0n) is 16.7. The summed E-state index contributed by atoms with van der Waals surface area (Å²) in [4.78, 5) is 27.1. The molecule has 1 saturated heterocycles. The first-order chi connectivity index (χ1) is 13.4. The number of hydrogen-bond donors (Lipinski definition) is 1. The molecule has 1 unspecified atom stereocenters. The predicted molar refractivity (Wildman–Crippen MR) is 106 cm³/mol. The van der Waals surface area contributed by atoms with Crippen molar-refractivity contribution in [1.82, 2.24) is 15.4 Å². The highest BCUT2D eigenvalue weighted by molar-refractivity contribution is 6.01. The Morgan fingerprint density at radius 1 is 1.21 bits per heavy atom. The van der Waals surface area contributed by atoms with Crippen molar-refractivity contribution in [3.63, 3.8) is 0 Å². The van der Waals surface area contributed by atoms with Crippen molar-refractivity contribution in [3.8, 4) is 11.3 Å². The molecule has 6 nitrogen and oxygen atoms in total. The zero-order valence-corrected chi connectivity index (χ0v) is 16.7. The molecule has 1 atom stereocenters. The van der Waals surface area contributed by atoms with E-state index in [1.54, 1.807) is 6.92 Å². The summed E-state index contributed by atoms with van der Waals surface area (Å²) in [6, 6.07) is 9.78. The number of carbonyl (C=O) groups is 2. The minimum Gasteiger partial charge on any atom is -0.360 e. The molecule has 28 heavy (non-hydrogen) atoms. The fourth-order valence-corrected chi connectivity index (χ4v) is 4.30. The molecule has 2 fully saturated rings. The van der Waals surface area contributed by atoms with Crippen molar-refractivity contribution in [2.75, 3.05) is 13.1 Å². The molecule has 2 amide bonds. The lowest BCUT2D eigenvalue weighted by atomic mass is 9.92. The third-order valence-electron chi connectivity index (χ3n) is 6.20. The van der Waals surface area contributed by atoms with Gasteiger partial charge in [-0.1, -0.05) is 49.3 Å². The van der Waals surface area contributed by atoms with Gasteiger partial charge in [0.1, 0.15) is 17.0 Å². The number of nitrogens with one attached hydrogen (secondary N) is 1. The highest BCUT2D eigenvalue weighted by Gasteiger charge is 2.56. The van der Waals surface area contributed by atoms with E-state index in [-0.39, 0.29) is 29.2 Å². The van der Waals surface area contributed by atoms with E-state index in [0.717, 1.165) is 37.9 Å². The Hall–Kier alpha value is -2.63. The number of rotatable bonds is 4. The minimum atomic E-state index is -0.125. The topological polar surface area (TPSA) is 75.4 Å². The van der Waals surface area contributed by atoms with Gasteiger partial charge < -0.3 is 14.7 Å². The molecule has 1 aromatic carbocycles. The largest absolute Gasteiger partial charge is 0.360 e. The molecule has 2 aliphatic rings. The maximum Gasteiger partial charge on any atom is 0.257 e. The molecule has 0 radical (unpaired) electrons. The number of aromatic nitrogens is 1. The van der Waals surface area contributed by atoms with E-state index in [1.807, 2.05) is 49.1 Å². The van der Waals surface area contributed by atoms with Gasteiger partial charge in [-0.25, -0.2) is 0 Å². The summed E-state index contributed by atoms with van der Waals surface area (Å²) in [7, 11) is 0. The Morgan fingerprint density at radius 2 is 1.89 bits per heavy atom. The van der Waals surface area contributed by atoms with Crippen molar-refractivity contribution in [1.29, 1.82) is 0 Å². The molecule has 4 rings (SSSR count). The Bertz CT molecular complexity index is 880. The molecule has 148 valence electrons. The normalized spacial score (nSPS) is 20.4. The summed E-state index contributed by atoms with van der Waals surface area (Å²) in [5.74, 6) is 0.670. The van der Waals surface area contributed by atoms with Crippen LogP contribution in [0, 0.1) is 18.3 Å². The van der Waals surface area contributed by atoms with Crippen LogP contribution in [0.3, 0.4) is 0 Å². The van der Waals surface area contributed by atoms with Gasteiger partial charge >= 0.3 is 0 Å². The molecule has 6 heteroatoms. The third-order valence-corrected chi connectivity index (χ3v) is 6.20. The van der Waals surface area contributed by atoms with Crippen LogP contribution in [0.2, 0.25) is 0 Å². The highest BCUT2D eigenvalue weighted by Crippen LogP contribution is 2.54. The zero-order chi connectivity index (χ0) is 19.9. The Kier molecular flexibility index (Phi) is 4.73. The van der Waals surface area contributed by atoms with Gasteiger partial charge in [-0.15, -0.1) is 0 Å². The monoisotopic (exact) mass is 381 g/mol. The second-order valence-corrected chi connectivity index (χ2v) is 8.40. The van der Waals surface area contributed by atoms with Gasteiger partial charge in [0.15, 0.2) is 0 Å². The molecule has 1 spiro atoms. The second kappa shape index (κ2) is 7.08. The average molecular weight is 381 g/mol. The maximum absolute atomic E-state index is 13.0. The van der Waals surface area contributed by atoms with E-state index >= 15 is 0 Å². The third kappa shape index (κ3) is 3.32. The summed E-state index contributed by atoms with van der Waals surface area (Å²) < 4.78 is 5.32. The van der Waals surface area contributed by atoms with Crippen LogP contribution >= 0.6 is 0 Å². The minimum absolute atomic E-state index is 0.0386. The van der Waals surface area contributed by atoms with Crippen molar-refractivity contribution >= 4 is 11.8 Å². The molecule has 0 bridgehead atoms. The smallest absolute Gasteiger partial charge is 0.257 e. The van der Waals surface area contributed by atoms with Gasteiger partial charge in [-0.2, -0.15) is 0 Å². The van der Waals surface area contributed by atoms with Gasteiger partial charge in [-0.05, 0) is 31.6 Å². The maximum atomic E-state index is 13.0. The van der Waals surface area contributed by atoms with Crippen molar-refractivity contribution < 1.29 is 14.1 Å². The van der Waals surface area contributed by atoms with Gasteiger partial charge in [0, 0.05) is 30.6 Å². The van der Waals surface area contributed by atoms with Crippen LogP contribution in [0.15, 0.2) is 34.9 Å². The number of piperidine rings is 1. The Labute approximate surface area is 165 Å². The molecule has 1 aliphatic carbocycles. The SMILES string of the molecule is Cc1onc(-c2ccccc2)c1C(=O)NC1CC12CCN(C(=O)C(C)C)CC2. The number of benzene rings is 1.